The van der Waals surface area contributed by atoms with Gasteiger partial charge >= 0.3 is 0 Å². The molecule has 0 aromatic heterocycles. The molecule has 7 nitrogen and oxygen atoms in total. The zero-order valence-corrected chi connectivity index (χ0v) is 20.7. The van der Waals surface area contributed by atoms with Crippen LogP contribution in [0.1, 0.15) is 38.2 Å². The van der Waals surface area contributed by atoms with E-state index in [2.05, 4.69) is 39.1 Å². The van der Waals surface area contributed by atoms with Crippen molar-refractivity contribution >= 4 is 45.6 Å². The minimum atomic E-state index is -0.177. The van der Waals surface area contributed by atoms with Crippen molar-refractivity contribution < 1.29 is 9.59 Å². The van der Waals surface area contributed by atoms with E-state index < -0.39 is 0 Å². The first-order chi connectivity index (χ1) is 17.0. The fourth-order valence-electron chi connectivity index (χ4n) is 4.67. The normalized spacial score (nSPS) is 21.7. The summed E-state index contributed by atoms with van der Waals surface area (Å²) in [6.45, 7) is 3.04. The van der Waals surface area contributed by atoms with E-state index in [-0.39, 0.29) is 17.9 Å². The van der Waals surface area contributed by atoms with Crippen LogP contribution in [-0.4, -0.2) is 42.1 Å². The maximum atomic E-state index is 12.6. The highest BCUT2D eigenvalue weighted by atomic mass is 32.2. The van der Waals surface area contributed by atoms with Gasteiger partial charge in [0.2, 0.25) is 5.91 Å². The number of amides is 2. The molecule has 0 bridgehead atoms. The Kier molecular flexibility index (Phi) is 6.74. The number of fused-ring (bicyclic) bond motifs is 1. The minimum absolute atomic E-state index is 0.0519. The molecule has 2 aromatic rings. The number of para-hydroxylation sites is 1. The largest absolute Gasteiger partial charge is 0.354 e. The summed E-state index contributed by atoms with van der Waals surface area (Å²) in [5, 5.41) is 10.7. The molecule has 3 N–H and O–H groups in total. The summed E-state index contributed by atoms with van der Waals surface area (Å²) >= 11 is 1.63. The van der Waals surface area contributed by atoms with Gasteiger partial charge < -0.3 is 10.6 Å². The molecule has 0 spiro atoms. The Morgan fingerprint density at radius 2 is 2.00 bits per heavy atom. The molecule has 2 aromatic carbocycles. The van der Waals surface area contributed by atoms with E-state index in [4.69, 9.17) is 0 Å². The number of rotatable bonds is 6. The molecule has 1 saturated heterocycles. The Morgan fingerprint density at radius 1 is 1.20 bits per heavy atom. The monoisotopic (exact) mass is 487 g/mol. The molecule has 8 heteroatoms. The second-order valence-electron chi connectivity index (χ2n) is 8.97. The standard InChI is InChI=1S/C27H29N5O2S/c1-3-7-21-25(27(34)31-30-21)22-16-24(19-8-4-5-9-20(19)29-22)35-18-13-11-17(12-14-18)28-26(33)23-10-6-15-32(23)2/h4-5,8-9,11-14,16,23,29H,3,6-7,10,15H2,1-2H3,(H,28,33)(H,31,34)/t23-/m1/s1. The predicted octanol–water partition coefficient (Wildman–Crippen LogP) is 4.82. The number of carbonyl (C=O) groups excluding carboxylic acids is 2. The van der Waals surface area contributed by atoms with Crippen molar-refractivity contribution in [3.05, 3.63) is 71.4 Å². The molecule has 0 radical (unpaired) electrons. The SMILES string of the molecule is CCCC1=NNC(=O)C1=C1C=C(Sc2ccc(NC(=O)[C@H]3CCCN3C)cc2)c2ccccc2N1. The van der Waals surface area contributed by atoms with Crippen molar-refractivity contribution in [2.75, 3.05) is 24.2 Å². The molecule has 2 amide bonds. The van der Waals surface area contributed by atoms with Crippen LogP contribution in [0.5, 0.6) is 0 Å². The number of allylic oxidation sites excluding steroid dienone is 1. The Balaban J connectivity index is 1.39. The van der Waals surface area contributed by atoms with Crippen LogP contribution >= 0.6 is 11.8 Å². The van der Waals surface area contributed by atoms with Gasteiger partial charge in [-0.25, -0.2) is 5.43 Å². The second-order valence-corrected chi connectivity index (χ2v) is 10.1. The summed E-state index contributed by atoms with van der Waals surface area (Å²) in [4.78, 5) is 29.4. The summed E-state index contributed by atoms with van der Waals surface area (Å²) in [5.74, 6) is -0.125. The molecule has 0 unspecified atom stereocenters. The molecule has 0 aliphatic carbocycles. The maximum Gasteiger partial charge on any atom is 0.275 e. The van der Waals surface area contributed by atoms with Crippen LogP contribution in [0, 0.1) is 0 Å². The Bertz CT molecular complexity index is 1250. The van der Waals surface area contributed by atoms with Crippen molar-refractivity contribution in [3.63, 3.8) is 0 Å². The van der Waals surface area contributed by atoms with Crippen LogP contribution in [0.4, 0.5) is 11.4 Å². The number of anilines is 2. The third kappa shape index (κ3) is 4.90. The van der Waals surface area contributed by atoms with Crippen molar-refractivity contribution in [1.29, 1.82) is 0 Å². The smallest absolute Gasteiger partial charge is 0.275 e. The van der Waals surface area contributed by atoms with Crippen molar-refractivity contribution in [3.8, 4) is 0 Å². The maximum absolute atomic E-state index is 12.6. The minimum Gasteiger partial charge on any atom is -0.354 e. The number of carbonyl (C=O) groups is 2. The molecular weight excluding hydrogens is 458 g/mol. The summed E-state index contributed by atoms with van der Waals surface area (Å²) in [6.07, 6.45) is 5.64. The predicted molar refractivity (Wildman–Crippen MR) is 142 cm³/mol. The van der Waals surface area contributed by atoms with Crippen LogP contribution < -0.4 is 16.1 Å². The number of likely N-dealkylation sites (N-methyl/N-ethyl adjacent to an activating group) is 1. The highest BCUT2D eigenvalue weighted by molar-refractivity contribution is 8.08. The van der Waals surface area contributed by atoms with Crippen molar-refractivity contribution in [2.45, 2.75) is 43.5 Å². The van der Waals surface area contributed by atoms with E-state index in [1.807, 2.05) is 55.6 Å². The third-order valence-electron chi connectivity index (χ3n) is 6.47. The highest BCUT2D eigenvalue weighted by Gasteiger charge is 2.29. The number of likely N-dealkylation sites (tertiary alicyclic amines) is 1. The fourth-order valence-corrected chi connectivity index (χ4v) is 5.66. The van der Waals surface area contributed by atoms with Crippen LogP contribution in [0.15, 0.2) is 75.9 Å². The van der Waals surface area contributed by atoms with Crippen LogP contribution in [0.2, 0.25) is 0 Å². The van der Waals surface area contributed by atoms with Gasteiger partial charge in [0.15, 0.2) is 0 Å². The Labute approximate surface area is 209 Å². The van der Waals surface area contributed by atoms with E-state index in [0.717, 1.165) is 70.4 Å². The van der Waals surface area contributed by atoms with E-state index >= 15 is 0 Å². The highest BCUT2D eigenvalue weighted by Crippen LogP contribution is 2.42. The first kappa shape index (κ1) is 23.4. The van der Waals surface area contributed by atoms with Gasteiger partial charge in [0.25, 0.3) is 5.91 Å². The lowest BCUT2D eigenvalue weighted by molar-refractivity contribution is -0.120. The van der Waals surface area contributed by atoms with E-state index in [1.54, 1.807) is 11.8 Å². The Hall–Kier alpha value is -3.36. The molecular formula is C27H29N5O2S. The zero-order chi connectivity index (χ0) is 24.4. The molecule has 3 heterocycles. The van der Waals surface area contributed by atoms with Gasteiger partial charge in [-0.3, -0.25) is 14.5 Å². The lowest BCUT2D eigenvalue weighted by Crippen LogP contribution is -2.37. The molecule has 0 saturated carbocycles. The lowest BCUT2D eigenvalue weighted by Gasteiger charge is -2.22. The lowest BCUT2D eigenvalue weighted by atomic mass is 10.0. The van der Waals surface area contributed by atoms with Gasteiger partial charge in [-0.15, -0.1) is 0 Å². The molecule has 35 heavy (non-hydrogen) atoms. The number of thioether (sulfide) groups is 1. The average molecular weight is 488 g/mol. The number of hydrazone groups is 1. The third-order valence-corrected chi connectivity index (χ3v) is 7.54. The first-order valence-corrected chi connectivity index (χ1v) is 12.8. The average Bonchev–Trinajstić information content (AvgIpc) is 3.45. The molecule has 3 aliphatic heterocycles. The second kappa shape index (κ2) is 10.1. The summed E-state index contributed by atoms with van der Waals surface area (Å²) in [7, 11) is 2.00. The van der Waals surface area contributed by atoms with E-state index in [1.165, 1.54) is 0 Å². The van der Waals surface area contributed by atoms with Gasteiger partial charge in [0.1, 0.15) is 0 Å². The van der Waals surface area contributed by atoms with Gasteiger partial charge in [0.05, 0.1) is 23.0 Å². The van der Waals surface area contributed by atoms with Crippen LogP contribution in [0.25, 0.3) is 4.91 Å². The van der Waals surface area contributed by atoms with Crippen LogP contribution in [0.3, 0.4) is 0 Å². The van der Waals surface area contributed by atoms with Gasteiger partial charge in [0, 0.05) is 26.7 Å². The molecule has 3 aliphatic rings. The zero-order valence-electron chi connectivity index (χ0n) is 19.9. The van der Waals surface area contributed by atoms with Crippen molar-refractivity contribution in [1.82, 2.24) is 10.3 Å². The van der Waals surface area contributed by atoms with E-state index in [9.17, 15) is 9.59 Å². The number of nitrogens with zero attached hydrogens (tertiary/aromatic N) is 2. The number of hydrogen-bond donors (Lipinski definition) is 3. The number of benzene rings is 2. The van der Waals surface area contributed by atoms with Gasteiger partial charge in [-0.05, 0) is 69.3 Å². The summed E-state index contributed by atoms with van der Waals surface area (Å²) < 4.78 is 0. The van der Waals surface area contributed by atoms with E-state index in [0.29, 0.717) is 5.57 Å². The number of hydrogen-bond acceptors (Lipinski definition) is 6. The topological polar surface area (TPSA) is 85.8 Å². The van der Waals surface area contributed by atoms with Gasteiger partial charge in [-0.1, -0.05) is 43.3 Å². The fraction of sp³-hybridized carbons (Fsp3) is 0.296. The van der Waals surface area contributed by atoms with Gasteiger partial charge in [-0.2, -0.15) is 5.10 Å². The summed E-state index contributed by atoms with van der Waals surface area (Å²) in [6, 6.07) is 16.0. The molecule has 180 valence electrons. The molecule has 1 atom stereocenters. The molecule has 1 fully saturated rings. The quantitative estimate of drug-likeness (QED) is 0.509. The Morgan fingerprint density at radius 3 is 2.74 bits per heavy atom. The summed E-state index contributed by atoms with van der Waals surface area (Å²) in [5.41, 5.74) is 7.60. The number of nitrogens with one attached hydrogen (secondary N) is 3. The van der Waals surface area contributed by atoms with Crippen molar-refractivity contribution in [2.24, 2.45) is 5.10 Å². The van der Waals surface area contributed by atoms with Crippen LogP contribution in [-0.2, 0) is 9.59 Å². The molecule has 5 rings (SSSR count). The first-order valence-electron chi connectivity index (χ1n) is 12.0.